The smallest absolute Gasteiger partial charge is 0.358 e. The van der Waals surface area contributed by atoms with Crippen molar-refractivity contribution in [2.24, 2.45) is 0 Å². The summed E-state index contributed by atoms with van der Waals surface area (Å²) in [6.45, 7) is 6.87. The van der Waals surface area contributed by atoms with Gasteiger partial charge in [-0.15, -0.1) is 0 Å². The van der Waals surface area contributed by atoms with Crippen LogP contribution in [0.2, 0.25) is 0 Å². The summed E-state index contributed by atoms with van der Waals surface area (Å²) in [6, 6.07) is 1.36. The first-order valence-electron chi connectivity index (χ1n) is 6.67. The fourth-order valence-electron chi connectivity index (χ4n) is 2.02. The Morgan fingerprint density at radius 3 is 2.45 bits per heavy atom. The maximum Gasteiger partial charge on any atom is 0.358 e. The van der Waals surface area contributed by atoms with Crippen LogP contribution in [0.3, 0.4) is 0 Å². The molecule has 0 fully saturated rings. The maximum atomic E-state index is 12.2. The molecule has 1 N–H and O–H groups in total. The molecule has 2 aromatic heterocycles. The maximum absolute atomic E-state index is 12.2. The molecule has 2 heterocycles. The number of ether oxygens (including phenoxy) is 2. The highest BCUT2D eigenvalue weighted by Gasteiger charge is 2.25. The van der Waals surface area contributed by atoms with E-state index in [1.54, 1.807) is 33.9 Å². The Morgan fingerprint density at radius 1 is 1.27 bits per heavy atom. The number of fused-ring (bicyclic) bond motifs is 1. The van der Waals surface area contributed by atoms with Crippen LogP contribution < -0.4 is 0 Å². The largest absolute Gasteiger partial charge is 0.505 e. The third-order valence-corrected chi connectivity index (χ3v) is 2.92. The quantitative estimate of drug-likeness (QED) is 0.854. The van der Waals surface area contributed by atoms with Crippen LogP contribution in [0.1, 0.15) is 47.2 Å². The Kier molecular flexibility index (Phi) is 3.83. The van der Waals surface area contributed by atoms with Gasteiger partial charge in [0.2, 0.25) is 0 Å². The van der Waals surface area contributed by atoms with Gasteiger partial charge in [-0.05, 0) is 33.3 Å². The Hall–Kier alpha value is -2.57. The van der Waals surface area contributed by atoms with Gasteiger partial charge in [-0.1, -0.05) is 0 Å². The number of carbonyl (C=O) groups is 2. The predicted molar refractivity (Wildman–Crippen MR) is 78.1 cm³/mol. The molecule has 2 aromatic rings. The summed E-state index contributed by atoms with van der Waals surface area (Å²) in [4.78, 5) is 23.8. The van der Waals surface area contributed by atoms with Crippen molar-refractivity contribution in [1.82, 2.24) is 9.61 Å². The van der Waals surface area contributed by atoms with Crippen LogP contribution >= 0.6 is 0 Å². The third-order valence-electron chi connectivity index (χ3n) is 2.92. The second-order valence-corrected chi connectivity index (χ2v) is 5.89. The summed E-state index contributed by atoms with van der Waals surface area (Å²) in [5.41, 5.74) is 0.127. The molecule has 0 bridgehead atoms. The molecule has 0 radical (unpaired) electrons. The van der Waals surface area contributed by atoms with Crippen molar-refractivity contribution in [3.8, 4) is 5.75 Å². The number of pyridine rings is 1. The van der Waals surface area contributed by atoms with Gasteiger partial charge in [0.25, 0.3) is 0 Å². The molecule has 0 unspecified atom stereocenters. The van der Waals surface area contributed by atoms with Gasteiger partial charge >= 0.3 is 11.9 Å². The molecule has 7 nitrogen and oxygen atoms in total. The van der Waals surface area contributed by atoms with Gasteiger partial charge in [-0.2, -0.15) is 5.10 Å². The van der Waals surface area contributed by atoms with Crippen molar-refractivity contribution in [2.75, 3.05) is 7.11 Å². The topological polar surface area (TPSA) is 90.1 Å². The van der Waals surface area contributed by atoms with Crippen LogP contribution in [0.4, 0.5) is 0 Å². The average Bonchev–Trinajstić information content (AvgIpc) is 2.79. The molecule has 7 heteroatoms. The molecule has 0 aliphatic heterocycles. The van der Waals surface area contributed by atoms with E-state index in [0.29, 0.717) is 5.56 Å². The van der Waals surface area contributed by atoms with E-state index < -0.39 is 17.5 Å². The Labute approximate surface area is 127 Å². The lowest BCUT2D eigenvalue weighted by Crippen LogP contribution is -2.24. The molecular weight excluding hydrogens is 288 g/mol. The molecule has 0 amide bonds. The number of methoxy groups -OCH3 is 1. The van der Waals surface area contributed by atoms with Gasteiger partial charge in [-0.25, -0.2) is 14.1 Å². The lowest BCUT2D eigenvalue weighted by Gasteiger charge is -2.20. The predicted octanol–water partition coefficient (Wildman–Crippen LogP) is 2.09. The molecule has 2 rings (SSSR count). The minimum Gasteiger partial charge on any atom is -0.505 e. The summed E-state index contributed by atoms with van der Waals surface area (Å²) in [5, 5.41) is 14.4. The van der Waals surface area contributed by atoms with E-state index in [1.807, 2.05) is 0 Å². The van der Waals surface area contributed by atoms with E-state index in [-0.39, 0.29) is 22.5 Å². The minimum absolute atomic E-state index is 0.0403. The van der Waals surface area contributed by atoms with E-state index in [4.69, 9.17) is 4.74 Å². The molecule has 0 atom stereocenters. The summed E-state index contributed by atoms with van der Waals surface area (Å²) < 4.78 is 11.2. The first kappa shape index (κ1) is 15.8. The molecule has 118 valence electrons. The Morgan fingerprint density at radius 2 is 1.91 bits per heavy atom. The van der Waals surface area contributed by atoms with E-state index in [0.717, 1.165) is 0 Å². The van der Waals surface area contributed by atoms with Crippen LogP contribution in [0.25, 0.3) is 5.52 Å². The molecule has 22 heavy (non-hydrogen) atoms. The monoisotopic (exact) mass is 306 g/mol. The lowest BCUT2D eigenvalue weighted by atomic mass is 10.1. The van der Waals surface area contributed by atoms with Crippen LogP contribution in [0, 0.1) is 6.92 Å². The molecule has 0 aromatic carbocycles. The highest BCUT2D eigenvalue weighted by molar-refractivity contribution is 5.98. The molecule has 0 saturated heterocycles. The Balaban J connectivity index is 2.57. The summed E-state index contributed by atoms with van der Waals surface area (Å²) >= 11 is 0. The Bertz CT molecular complexity index is 755. The number of rotatable bonds is 2. The second-order valence-electron chi connectivity index (χ2n) is 5.89. The number of aromatic nitrogens is 2. The SMILES string of the molecule is COC(=O)c1cc2c(O)c(C(=O)OC(C)(C)C)c(C)cn2n1. The first-order valence-corrected chi connectivity index (χ1v) is 6.67. The molecular formula is C15H18N2O5. The fraction of sp³-hybridized carbons (Fsp3) is 0.400. The minimum atomic E-state index is -0.681. The van der Waals surface area contributed by atoms with Gasteiger partial charge in [0.15, 0.2) is 11.4 Å². The summed E-state index contributed by atoms with van der Waals surface area (Å²) in [7, 11) is 1.24. The van der Waals surface area contributed by atoms with Crippen molar-refractivity contribution in [3.05, 3.63) is 29.1 Å². The van der Waals surface area contributed by atoms with E-state index >= 15 is 0 Å². The number of hydrogen-bond donors (Lipinski definition) is 1. The molecule has 0 saturated carbocycles. The highest BCUT2D eigenvalue weighted by atomic mass is 16.6. The average molecular weight is 306 g/mol. The number of aryl methyl sites for hydroxylation is 1. The molecule has 0 aliphatic carbocycles. The first-order chi connectivity index (χ1) is 10.1. The highest BCUT2D eigenvalue weighted by Crippen LogP contribution is 2.29. The zero-order valence-corrected chi connectivity index (χ0v) is 13.1. The number of nitrogens with zero attached hydrogens (tertiary/aromatic N) is 2. The van der Waals surface area contributed by atoms with Crippen LogP contribution in [0.5, 0.6) is 5.75 Å². The van der Waals surface area contributed by atoms with Crippen LogP contribution in [-0.4, -0.2) is 39.4 Å². The normalized spacial score (nSPS) is 11.5. The van der Waals surface area contributed by atoms with Crippen LogP contribution in [-0.2, 0) is 9.47 Å². The van der Waals surface area contributed by atoms with E-state index in [9.17, 15) is 14.7 Å². The van der Waals surface area contributed by atoms with Crippen molar-refractivity contribution in [2.45, 2.75) is 33.3 Å². The third kappa shape index (κ3) is 2.88. The summed E-state index contributed by atoms with van der Waals surface area (Å²) in [6.07, 6.45) is 1.54. The zero-order chi connectivity index (χ0) is 16.7. The molecule has 0 aliphatic rings. The van der Waals surface area contributed by atoms with Crippen molar-refractivity contribution < 1.29 is 24.2 Å². The molecule has 0 spiro atoms. The van der Waals surface area contributed by atoms with Gasteiger partial charge in [-0.3, -0.25) is 0 Å². The van der Waals surface area contributed by atoms with Gasteiger partial charge in [0, 0.05) is 12.3 Å². The lowest BCUT2D eigenvalue weighted by molar-refractivity contribution is 0.00658. The van der Waals surface area contributed by atoms with Gasteiger partial charge in [0.1, 0.15) is 16.7 Å². The van der Waals surface area contributed by atoms with Gasteiger partial charge < -0.3 is 14.6 Å². The standard InChI is InChI=1S/C15H18N2O5/c1-8-7-17-10(6-9(16-17)13(19)21-5)12(18)11(8)14(20)22-15(2,3)4/h6-7,18H,1-5H3. The van der Waals surface area contributed by atoms with E-state index in [1.165, 1.54) is 17.7 Å². The fourth-order valence-corrected chi connectivity index (χ4v) is 2.02. The number of esters is 2. The zero-order valence-electron chi connectivity index (χ0n) is 13.1. The van der Waals surface area contributed by atoms with Crippen molar-refractivity contribution in [1.29, 1.82) is 0 Å². The van der Waals surface area contributed by atoms with Gasteiger partial charge in [0.05, 0.1) is 7.11 Å². The van der Waals surface area contributed by atoms with E-state index in [2.05, 4.69) is 9.84 Å². The van der Waals surface area contributed by atoms with Crippen molar-refractivity contribution >= 4 is 17.5 Å². The van der Waals surface area contributed by atoms with Crippen molar-refractivity contribution in [3.63, 3.8) is 0 Å². The second kappa shape index (κ2) is 5.32. The number of hydrogen-bond acceptors (Lipinski definition) is 6. The number of aromatic hydroxyl groups is 1. The summed E-state index contributed by atoms with van der Waals surface area (Å²) in [5.74, 6) is -1.54. The van der Waals surface area contributed by atoms with Crippen LogP contribution in [0.15, 0.2) is 12.3 Å². The number of carbonyl (C=O) groups excluding carboxylic acids is 2.